The number of rotatable bonds is 4. The number of nitrogens with zero attached hydrogens (tertiary/aromatic N) is 5. The summed E-state index contributed by atoms with van der Waals surface area (Å²) in [6.07, 6.45) is 8.38. The number of piperidine rings is 1. The van der Waals surface area contributed by atoms with Crippen LogP contribution in [0.25, 0.3) is 0 Å². The summed E-state index contributed by atoms with van der Waals surface area (Å²) in [5.74, 6) is -0.128. The molecule has 3 aliphatic rings. The van der Waals surface area contributed by atoms with E-state index in [1.165, 1.54) is 48.5 Å². The predicted octanol–water partition coefficient (Wildman–Crippen LogP) is 4.44. The molecule has 0 aliphatic carbocycles. The molecular weight excluding hydrogens is 438 g/mol. The Morgan fingerprint density at radius 2 is 1.76 bits per heavy atom. The van der Waals surface area contributed by atoms with Gasteiger partial charge in [-0.05, 0) is 68.8 Å². The van der Waals surface area contributed by atoms with Crippen molar-refractivity contribution in [3.05, 3.63) is 46.7 Å². The summed E-state index contributed by atoms with van der Waals surface area (Å²) in [7, 11) is 0. The minimum Gasteiger partial charge on any atom is -0.371 e. The summed E-state index contributed by atoms with van der Waals surface area (Å²) in [5.41, 5.74) is 3.12. The van der Waals surface area contributed by atoms with Crippen molar-refractivity contribution < 1.29 is 9.59 Å². The van der Waals surface area contributed by atoms with E-state index in [-0.39, 0.29) is 17.4 Å². The lowest BCUT2D eigenvalue weighted by Crippen LogP contribution is -2.53. The molecule has 4 heterocycles. The molecule has 8 heteroatoms. The van der Waals surface area contributed by atoms with Crippen molar-refractivity contribution in [1.82, 2.24) is 19.6 Å². The average Bonchev–Trinajstić information content (AvgIpc) is 3.57. The van der Waals surface area contributed by atoms with E-state index in [0.717, 1.165) is 44.0 Å². The first-order valence-corrected chi connectivity index (χ1v) is 12.5. The molecule has 0 N–H and O–H groups in total. The molecule has 176 valence electrons. The van der Waals surface area contributed by atoms with Crippen LogP contribution in [0, 0.1) is 0 Å². The Hall–Kier alpha value is -2.38. The van der Waals surface area contributed by atoms with Gasteiger partial charge in [0.05, 0.1) is 0 Å². The van der Waals surface area contributed by atoms with E-state index in [4.69, 9.17) is 11.6 Å². The lowest BCUT2D eigenvalue weighted by molar-refractivity contribution is 0.0585. The van der Waals surface area contributed by atoms with Crippen molar-refractivity contribution in [2.75, 3.05) is 37.6 Å². The molecule has 0 saturated carbocycles. The Kier molecular flexibility index (Phi) is 6.18. The average molecular weight is 470 g/mol. The standard InChI is InChI=1S/C25H32ClN5O2/c1-19(32)22-7-14-31(27-22)24(33)29-15-9-25(10-16-29)8-4-13-30(25)18-20-5-6-21(26)17-23(20)28-11-2-3-12-28/h5-7,14,17H,2-4,8-13,15-16,18H2,1H3. The highest BCUT2D eigenvalue weighted by atomic mass is 35.5. The molecule has 0 unspecified atom stereocenters. The molecule has 33 heavy (non-hydrogen) atoms. The van der Waals surface area contributed by atoms with Gasteiger partial charge in [0.2, 0.25) is 0 Å². The second kappa shape index (κ2) is 9.11. The van der Waals surface area contributed by atoms with Gasteiger partial charge in [0, 0.05) is 62.1 Å². The first kappa shape index (κ1) is 22.4. The van der Waals surface area contributed by atoms with E-state index in [9.17, 15) is 9.59 Å². The molecular formula is C25H32ClN5O2. The monoisotopic (exact) mass is 469 g/mol. The first-order valence-electron chi connectivity index (χ1n) is 12.1. The SMILES string of the molecule is CC(=O)c1ccn(C(=O)N2CCC3(CCCN3Cc3ccc(Cl)cc3N3CCCC3)CC2)n1. The fourth-order valence-electron chi connectivity index (χ4n) is 5.81. The first-order chi connectivity index (χ1) is 15.9. The second-order valence-corrected chi connectivity index (χ2v) is 10.1. The van der Waals surface area contributed by atoms with E-state index < -0.39 is 0 Å². The number of aromatic nitrogens is 2. The molecule has 0 atom stereocenters. The molecule has 1 aromatic carbocycles. The number of halogens is 1. The molecule has 3 aliphatic heterocycles. The molecule has 7 nitrogen and oxygen atoms in total. The number of carbonyl (C=O) groups is 2. The van der Waals surface area contributed by atoms with Gasteiger partial charge in [-0.3, -0.25) is 9.69 Å². The van der Waals surface area contributed by atoms with Crippen LogP contribution in [0.5, 0.6) is 0 Å². The van der Waals surface area contributed by atoms with Gasteiger partial charge >= 0.3 is 6.03 Å². The Morgan fingerprint density at radius 1 is 1.00 bits per heavy atom. The van der Waals surface area contributed by atoms with Crippen LogP contribution >= 0.6 is 11.6 Å². The van der Waals surface area contributed by atoms with Gasteiger partial charge in [-0.2, -0.15) is 9.78 Å². The number of Topliss-reactive ketones (excluding diaryl/α,β-unsaturated/α-hetero) is 1. The lowest BCUT2D eigenvalue weighted by Gasteiger charge is -2.45. The third-order valence-electron chi connectivity index (χ3n) is 7.71. The van der Waals surface area contributed by atoms with E-state index in [0.29, 0.717) is 18.8 Å². The molecule has 1 spiro atoms. The van der Waals surface area contributed by atoms with Crippen LogP contribution in [0.15, 0.2) is 30.5 Å². The summed E-state index contributed by atoms with van der Waals surface area (Å²) in [4.78, 5) is 31.4. The second-order valence-electron chi connectivity index (χ2n) is 9.69. The highest BCUT2D eigenvalue weighted by Crippen LogP contribution is 2.41. The molecule has 5 rings (SSSR count). The summed E-state index contributed by atoms with van der Waals surface area (Å²) >= 11 is 6.37. The zero-order valence-corrected chi connectivity index (χ0v) is 20.1. The van der Waals surface area contributed by atoms with E-state index >= 15 is 0 Å². The maximum Gasteiger partial charge on any atom is 0.344 e. The summed E-state index contributed by atoms with van der Waals surface area (Å²) in [6.45, 7) is 7.12. The number of hydrogen-bond acceptors (Lipinski definition) is 5. The Labute approximate surface area is 200 Å². The maximum atomic E-state index is 12.9. The predicted molar refractivity (Wildman–Crippen MR) is 129 cm³/mol. The fourth-order valence-corrected chi connectivity index (χ4v) is 5.98. The van der Waals surface area contributed by atoms with Crippen LogP contribution in [-0.2, 0) is 6.54 Å². The highest BCUT2D eigenvalue weighted by Gasteiger charge is 2.44. The largest absolute Gasteiger partial charge is 0.371 e. The number of likely N-dealkylation sites (tertiary alicyclic amines) is 2. The van der Waals surface area contributed by atoms with Crippen molar-refractivity contribution in [3.63, 3.8) is 0 Å². The number of hydrogen-bond donors (Lipinski definition) is 0. The molecule has 3 saturated heterocycles. The number of ketones is 1. The zero-order chi connectivity index (χ0) is 23.0. The Balaban J connectivity index is 1.28. The molecule has 2 aromatic rings. The van der Waals surface area contributed by atoms with Crippen LogP contribution in [-0.4, -0.2) is 69.7 Å². The summed E-state index contributed by atoms with van der Waals surface area (Å²) in [5, 5.41) is 4.95. The third kappa shape index (κ3) is 4.41. The van der Waals surface area contributed by atoms with Crippen molar-refractivity contribution in [1.29, 1.82) is 0 Å². The number of anilines is 1. The summed E-state index contributed by atoms with van der Waals surface area (Å²) in [6, 6.07) is 7.81. The molecule has 1 aromatic heterocycles. The van der Waals surface area contributed by atoms with Crippen molar-refractivity contribution in [2.45, 2.75) is 57.5 Å². The third-order valence-corrected chi connectivity index (χ3v) is 7.94. The van der Waals surface area contributed by atoms with Gasteiger partial charge in [0.25, 0.3) is 0 Å². The van der Waals surface area contributed by atoms with Gasteiger partial charge in [0.1, 0.15) is 5.69 Å². The Morgan fingerprint density at radius 3 is 2.45 bits per heavy atom. The highest BCUT2D eigenvalue weighted by molar-refractivity contribution is 6.30. The number of benzene rings is 1. The molecule has 1 amide bonds. The lowest BCUT2D eigenvalue weighted by atomic mass is 9.84. The van der Waals surface area contributed by atoms with E-state index in [1.807, 2.05) is 11.0 Å². The minimum atomic E-state index is -0.143. The van der Waals surface area contributed by atoms with Gasteiger partial charge < -0.3 is 9.80 Å². The number of carbonyl (C=O) groups excluding carboxylic acids is 2. The van der Waals surface area contributed by atoms with E-state index in [2.05, 4.69) is 27.0 Å². The molecule has 0 radical (unpaired) electrons. The zero-order valence-electron chi connectivity index (χ0n) is 19.3. The topological polar surface area (TPSA) is 61.7 Å². The van der Waals surface area contributed by atoms with Gasteiger partial charge in [0.15, 0.2) is 5.78 Å². The molecule has 3 fully saturated rings. The van der Waals surface area contributed by atoms with Crippen LogP contribution in [0.1, 0.15) is 61.5 Å². The van der Waals surface area contributed by atoms with Crippen molar-refractivity contribution in [2.24, 2.45) is 0 Å². The summed E-state index contributed by atoms with van der Waals surface area (Å²) < 4.78 is 1.30. The smallest absolute Gasteiger partial charge is 0.344 e. The quantitative estimate of drug-likeness (QED) is 0.619. The van der Waals surface area contributed by atoms with Crippen molar-refractivity contribution >= 4 is 29.1 Å². The van der Waals surface area contributed by atoms with Gasteiger partial charge in [-0.15, -0.1) is 0 Å². The maximum absolute atomic E-state index is 12.9. The van der Waals surface area contributed by atoms with Crippen LogP contribution in [0.4, 0.5) is 10.5 Å². The normalized spacial score (nSPS) is 20.7. The minimum absolute atomic E-state index is 0.128. The molecule has 0 bridgehead atoms. The number of amides is 1. The van der Waals surface area contributed by atoms with Crippen LogP contribution in [0.2, 0.25) is 5.02 Å². The Bertz CT molecular complexity index is 1040. The van der Waals surface area contributed by atoms with Gasteiger partial charge in [-0.25, -0.2) is 4.79 Å². The van der Waals surface area contributed by atoms with Crippen molar-refractivity contribution in [3.8, 4) is 0 Å². The fraction of sp³-hybridized carbons (Fsp3) is 0.560. The van der Waals surface area contributed by atoms with Gasteiger partial charge in [-0.1, -0.05) is 17.7 Å². The van der Waals surface area contributed by atoms with Crippen LogP contribution in [0.3, 0.4) is 0 Å². The van der Waals surface area contributed by atoms with E-state index in [1.54, 1.807) is 12.3 Å². The van der Waals surface area contributed by atoms with Crippen LogP contribution < -0.4 is 4.90 Å².